The first-order valence-electron chi connectivity index (χ1n) is 8.96. The van der Waals surface area contributed by atoms with Gasteiger partial charge in [0.15, 0.2) is 0 Å². The van der Waals surface area contributed by atoms with Crippen molar-refractivity contribution in [3.63, 3.8) is 0 Å². The second kappa shape index (κ2) is 7.69. The highest BCUT2D eigenvalue weighted by atomic mass is 19.4. The number of carbonyl (C=O) groups excluding carboxylic acids is 1. The molecular weight excluding hydrogens is 399 g/mol. The quantitative estimate of drug-likeness (QED) is 0.665. The molecule has 1 amide bonds. The first kappa shape index (κ1) is 21.2. The van der Waals surface area contributed by atoms with Crippen molar-refractivity contribution in [3.8, 4) is 0 Å². The van der Waals surface area contributed by atoms with Crippen molar-refractivity contribution in [1.29, 1.82) is 10.8 Å². The molecule has 0 radical (unpaired) electrons. The van der Waals surface area contributed by atoms with Gasteiger partial charge >= 0.3 is 6.18 Å². The summed E-state index contributed by atoms with van der Waals surface area (Å²) in [5.74, 6) is -0.885. The highest BCUT2D eigenvalue weighted by Gasteiger charge is 2.31. The van der Waals surface area contributed by atoms with E-state index in [9.17, 15) is 22.8 Å². The number of fused-ring (bicyclic) bond motifs is 1. The van der Waals surface area contributed by atoms with Crippen molar-refractivity contribution in [2.45, 2.75) is 32.5 Å². The first-order chi connectivity index (χ1) is 14.0. The zero-order valence-corrected chi connectivity index (χ0v) is 16.1. The molecule has 3 rings (SSSR count). The maximum atomic E-state index is 13.1. The second-order valence-corrected chi connectivity index (χ2v) is 7.07. The number of amides is 1. The van der Waals surface area contributed by atoms with Crippen LogP contribution >= 0.6 is 0 Å². The van der Waals surface area contributed by atoms with E-state index in [-0.39, 0.29) is 39.5 Å². The minimum atomic E-state index is -4.55. The van der Waals surface area contributed by atoms with E-state index in [1.165, 1.54) is 18.2 Å². The van der Waals surface area contributed by atoms with Gasteiger partial charge in [-0.25, -0.2) is 4.68 Å². The fourth-order valence-electron chi connectivity index (χ4n) is 2.98. The number of hydrogen-bond donors (Lipinski definition) is 3. The number of benzene rings is 1. The van der Waals surface area contributed by atoms with Crippen molar-refractivity contribution in [2.24, 2.45) is 0 Å². The number of alkyl halides is 3. The summed E-state index contributed by atoms with van der Waals surface area (Å²) in [7, 11) is 0. The van der Waals surface area contributed by atoms with Crippen LogP contribution in [-0.2, 0) is 17.5 Å². The van der Waals surface area contributed by atoms with Crippen molar-refractivity contribution in [3.05, 3.63) is 63.7 Å². The van der Waals surface area contributed by atoms with Gasteiger partial charge in [-0.05, 0) is 42.3 Å². The molecule has 1 aromatic carbocycles. The summed E-state index contributed by atoms with van der Waals surface area (Å²) in [6.45, 7) is 3.01. The smallest absolute Gasteiger partial charge is 0.324 e. The van der Waals surface area contributed by atoms with Crippen LogP contribution in [-0.4, -0.2) is 27.1 Å². The molecule has 30 heavy (non-hydrogen) atoms. The molecular formula is C20H18F3N5O2. The van der Waals surface area contributed by atoms with E-state index in [4.69, 9.17) is 10.8 Å². The average molecular weight is 417 g/mol. The van der Waals surface area contributed by atoms with Gasteiger partial charge in [-0.3, -0.25) is 20.4 Å². The summed E-state index contributed by atoms with van der Waals surface area (Å²) >= 11 is 0. The molecule has 156 valence electrons. The van der Waals surface area contributed by atoms with Crippen LogP contribution in [0.15, 0.2) is 46.9 Å². The Morgan fingerprint density at radius 1 is 1.17 bits per heavy atom. The number of aromatic nitrogens is 2. The molecule has 2 aromatic rings. The van der Waals surface area contributed by atoms with Crippen LogP contribution in [0.5, 0.6) is 0 Å². The predicted octanol–water partition coefficient (Wildman–Crippen LogP) is 3.15. The summed E-state index contributed by atoms with van der Waals surface area (Å²) < 4.78 is 40.2. The Morgan fingerprint density at radius 2 is 1.87 bits per heavy atom. The Bertz CT molecular complexity index is 1190. The number of nitrogens with zero attached hydrogens (tertiary/aromatic N) is 2. The van der Waals surface area contributed by atoms with Crippen LogP contribution in [0.3, 0.4) is 0 Å². The number of rotatable bonds is 4. The SMILES string of the molecule is CC(C)c1nn(CC(=O)NC2=CC(=N)C(=N)C=C2)c(=O)c2ccc(C(F)(F)F)cc12. The number of halogens is 3. The van der Waals surface area contributed by atoms with Crippen molar-refractivity contribution in [1.82, 2.24) is 15.1 Å². The lowest BCUT2D eigenvalue weighted by molar-refractivity contribution is -0.137. The Kier molecular flexibility index (Phi) is 5.43. The van der Waals surface area contributed by atoms with E-state index in [1.807, 2.05) is 0 Å². The fourth-order valence-corrected chi connectivity index (χ4v) is 2.98. The van der Waals surface area contributed by atoms with E-state index < -0.39 is 29.8 Å². The molecule has 0 unspecified atom stereocenters. The molecule has 7 nitrogen and oxygen atoms in total. The van der Waals surface area contributed by atoms with Crippen LogP contribution in [0, 0.1) is 10.8 Å². The predicted molar refractivity (Wildman–Crippen MR) is 106 cm³/mol. The van der Waals surface area contributed by atoms with E-state index in [1.54, 1.807) is 13.8 Å². The van der Waals surface area contributed by atoms with Crippen LogP contribution in [0.25, 0.3) is 10.8 Å². The fraction of sp³-hybridized carbons (Fsp3) is 0.250. The lowest BCUT2D eigenvalue weighted by Gasteiger charge is -2.15. The average Bonchev–Trinajstić information content (AvgIpc) is 2.65. The lowest BCUT2D eigenvalue weighted by Crippen LogP contribution is -2.34. The number of hydrogen-bond acceptors (Lipinski definition) is 5. The van der Waals surface area contributed by atoms with Crippen LogP contribution in [0.1, 0.15) is 31.0 Å². The standard InChI is InChI=1S/C20H18F3N5O2/c1-10(2)18-14-7-11(20(21,22)23)3-5-13(14)19(30)28(27-18)9-17(29)26-12-4-6-15(24)16(25)8-12/h3-8,10,24-25H,9H2,1-2H3,(H,26,29). The van der Waals surface area contributed by atoms with Gasteiger partial charge in [0, 0.05) is 11.1 Å². The molecule has 0 spiro atoms. The van der Waals surface area contributed by atoms with Crippen LogP contribution in [0.4, 0.5) is 13.2 Å². The molecule has 0 saturated carbocycles. The van der Waals surface area contributed by atoms with Gasteiger partial charge < -0.3 is 5.32 Å². The van der Waals surface area contributed by atoms with E-state index in [0.717, 1.165) is 22.9 Å². The summed E-state index contributed by atoms with van der Waals surface area (Å²) in [5, 5.41) is 21.9. The molecule has 0 atom stereocenters. The van der Waals surface area contributed by atoms with Crippen molar-refractivity contribution in [2.75, 3.05) is 0 Å². The topological polar surface area (TPSA) is 112 Å². The van der Waals surface area contributed by atoms with E-state index in [2.05, 4.69) is 10.4 Å². The normalized spacial score (nSPS) is 14.4. The molecule has 0 bridgehead atoms. The molecule has 1 heterocycles. The maximum absolute atomic E-state index is 13.1. The maximum Gasteiger partial charge on any atom is 0.416 e. The van der Waals surface area contributed by atoms with Gasteiger partial charge in [0.1, 0.15) is 6.54 Å². The minimum Gasteiger partial charge on any atom is -0.324 e. The highest BCUT2D eigenvalue weighted by Crippen LogP contribution is 2.32. The molecule has 0 saturated heterocycles. The largest absolute Gasteiger partial charge is 0.416 e. The van der Waals surface area contributed by atoms with Gasteiger partial charge in [0.25, 0.3) is 5.56 Å². The summed E-state index contributed by atoms with van der Waals surface area (Å²) in [6.07, 6.45) is -0.446. The molecule has 1 aliphatic carbocycles. The number of nitrogens with one attached hydrogen (secondary N) is 3. The molecule has 1 aromatic heterocycles. The number of allylic oxidation sites excluding steroid dienone is 3. The monoisotopic (exact) mass is 417 g/mol. The van der Waals surface area contributed by atoms with Gasteiger partial charge in [0.05, 0.1) is 28.1 Å². The minimum absolute atomic E-state index is 0.000200. The summed E-state index contributed by atoms with van der Waals surface area (Å²) in [6, 6.07) is 2.83. The van der Waals surface area contributed by atoms with Gasteiger partial charge in [-0.1, -0.05) is 13.8 Å². The van der Waals surface area contributed by atoms with Gasteiger partial charge in [-0.2, -0.15) is 18.3 Å². The Morgan fingerprint density at radius 3 is 2.47 bits per heavy atom. The second-order valence-electron chi connectivity index (χ2n) is 7.07. The highest BCUT2D eigenvalue weighted by molar-refractivity contribution is 6.49. The summed E-state index contributed by atoms with van der Waals surface area (Å²) in [5.41, 5.74) is -1.07. The number of carbonyl (C=O) groups is 1. The van der Waals surface area contributed by atoms with Gasteiger partial charge in [-0.15, -0.1) is 0 Å². The van der Waals surface area contributed by atoms with E-state index >= 15 is 0 Å². The lowest BCUT2D eigenvalue weighted by atomic mass is 10.0. The van der Waals surface area contributed by atoms with Crippen LogP contribution < -0.4 is 10.9 Å². The Balaban J connectivity index is 1.98. The molecule has 0 fully saturated rings. The summed E-state index contributed by atoms with van der Waals surface area (Å²) in [4.78, 5) is 25.1. The Hall–Kier alpha value is -3.56. The third-order valence-electron chi connectivity index (χ3n) is 4.46. The van der Waals surface area contributed by atoms with Crippen molar-refractivity contribution >= 4 is 28.1 Å². The van der Waals surface area contributed by atoms with E-state index in [0.29, 0.717) is 0 Å². The third kappa shape index (κ3) is 4.22. The molecule has 1 aliphatic rings. The molecule has 10 heteroatoms. The Labute approximate surface area is 168 Å². The zero-order valence-electron chi connectivity index (χ0n) is 16.1. The van der Waals surface area contributed by atoms with Crippen LogP contribution in [0.2, 0.25) is 0 Å². The molecule has 0 aliphatic heterocycles. The molecule has 3 N–H and O–H groups in total. The van der Waals surface area contributed by atoms with Crippen molar-refractivity contribution < 1.29 is 18.0 Å². The third-order valence-corrected chi connectivity index (χ3v) is 4.46. The zero-order chi connectivity index (χ0) is 22.2. The first-order valence-corrected chi connectivity index (χ1v) is 8.96. The van der Waals surface area contributed by atoms with Gasteiger partial charge in [0.2, 0.25) is 5.91 Å².